The van der Waals surface area contributed by atoms with Gasteiger partial charge >= 0.3 is 12.1 Å². The molecule has 1 atom stereocenters. The van der Waals surface area contributed by atoms with E-state index in [9.17, 15) is 14.2 Å². The molecular weight excluding hydrogens is 297 g/mol. The van der Waals surface area contributed by atoms with Crippen LogP contribution in [-0.4, -0.2) is 31.8 Å². The molecule has 0 aliphatic carbocycles. The SMILES string of the molecule is COP(=O)(CNC(=O)OCc1ccccc1)COC(C)=O. The van der Waals surface area contributed by atoms with E-state index in [0.717, 1.165) is 5.56 Å². The number of rotatable bonds is 7. The summed E-state index contributed by atoms with van der Waals surface area (Å²) in [5.74, 6) is -0.570. The molecule has 0 spiro atoms. The highest BCUT2D eigenvalue weighted by Gasteiger charge is 2.24. The lowest BCUT2D eigenvalue weighted by molar-refractivity contribution is -0.139. The van der Waals surface area contributed by atoms with Crippen molar-refractivity contribution < 1.29 is 28.2 Å². The van der Waals surface area contributed by atoms with E-state index < -0.39 is 25.8 Å². The van der Waals surface area contributed by atoms with Crippen molar-refractivity contribution in [1.29, 1.82) is 0 Å². The molecule has 0 aliphatic rings. The smallest absolute Gasteiger partial charge is 0.407 e. The van der Waals surface area contributed by atoms with Crippen LogP contribution in [0.2, 0.25) is 0 Å². The summed E-state index contributed by atoms with van der Waals surface area (Å²) >= 11 is 0. The molecular formula is C13H18NO6P. The maximum atomic E-state index is 12.1. The van der Waals surface area contributed by atoms with Crippen molar-refractivity contribution in [3.63, 3.8) is 0 Å². The number of amides is 1. The lowest BCUT2D eigenvalue weighted by atomic mass is 10.2. The predicted octanol–water partition coefficient (Wildman–Crippen LogP) is 2.32. The fraction of sp³-hybridized carbons (Fsp3) is 0.385. The first-order chi connectivity index (χ1) is 9.95. The summed E-state index contributed by atoms with van der Waals surface area (Å²) in [5.41, 5.74) is 0.836. The number of esters is 1. The molecule has 1 aromatic rings. The predicted molar refractivity (Wildman–Crippen MR) is 75.9 cm³/mol. The van der Waals surface area contributed by atoms with Gasteiger partial charge in [0, 0.05) is 14.0 Å². The number of alkyl carbamates (subject to hydrolysis) is 1. The zero-order valence-electron chi connectivity index (χ0n) is 11.9. The number of hydrogen-bond donors (Lipinski definition) is 1. The number of carbonyl (C=O) groups excluding carboxylic acids is 2. The van der Waals surface area contributed by atoms with Crippen molar-refractivity contribution >= 4 is 19.4 Å². The fourth-order valence-corrected chi connectivity index (χ4v) is 2.39. The lowest BCUT2D eigenvalue weighted by Crippen LogP contribution is -2.26. The lowest BCUT2D eigenvalue weighted by Gasteiger charge is -2.16. The molecule has 0 heterocycles. The molecule has 1 rings (SSSR count). The van der Waals surface area contributed by atoms with E-state index in [-0.39, 0.29) is 12.9 Å². The van der Waals surface area contributed by atoms with E-state index in [1.54, 1.807) is 0 Å². The molecule has 1 N–H and O–H groups in total. The quantitative estimate of drug-likeness (QED) is 0.613. The van der Waals surface area contributed by atoms with Crippen molar-refractivity contribution in [3.8, 4) is 0 Å². The van der Waals surface area contributed by atoms with Gasteiger partial charge in [-0.2, -0.15) is 0 Å². The van der Waals surface area contributed by atoms with Crippen LogP contribution in [0.3, 0.4) is 0 Å². The summed E-state index contributed by atoms with van der Waals surface area (Å²) in [6.07, 6.45) is -1.39. The molecule has 21 heavy (non-hydrogen) atoms. The average molecular weight is 315 g/mol. The molecule has 0 aromatic heterocycles. The van der Waals surface area contributed by atoms with Gasteiger partial charge in [-0.25, -0.2) is 4.79 Å². The van der Waals surface area contributed by atoms with Crippen LogP contribution in [0.1, 0.15) is 12.5 Å². The first-order valence-corrected chi connectivity index (χ1v) is 8.16. The van der Waals surface area contributed by atoms with Crippen LogP contribution in [0.15, 0.2) is 30.3 Å². The van der Waals surface area contributed by atoms with Gasteiger partial charge < -0.3 is 19.3 Å². The van der Waals surface area contributed by atoms with Crippen LogP contribution in [0.25, 0.3) is 0 Å². The van der Waals surface area contributed by atoms with E-state index in [4.69, 9.17) is 9.26 Å². The Kier molecular flexibility index (Phi) is 6.91. The molecule has 1 aromatic carbocycles. The second-order valence-corrected chi connectivity index (χ2v) is 6.73. The molecule has 0 radical (unpaired) electrons. The first-order valence-electron chi connectivity index (χ1n) is 6.17. The summed E-state index contributed by atoms with van der Waals surface area (Å²) in [6.45, 7) is 1.30. The molecule has 0 bridgehead atoms. The van der Waals surface area contributed by atoms with Crippen LogP contribution < -0.4 is 5.32 Å². The van der Waals surface area contributed by atoms with Crippen LogP contribution in [0.5, 0.6) is 0 Å². The van der Waals surface area contributed by atoms with Crippen LogP contribution >= 0.6 is 7.37 Å². The maximum Gasteiger partial charge on any atom is 0.407 e. The monoisotopic (exact) mass is 315 g/mol. The van der Waals surface area contributed by atoms with Gasteiger partial charge in [0.1, 0.15) is 12.9 Å². The fourth-order valence-electron chi connectivity index (χ4n) is 1.31. The van der Waals surface area contributed by atoms with Crippen molar-refractivity contribution in [3.05, 3.63) is 35.9 Å². The standard InChI is InChI=1S/C13H18NO6P/c1-11(15)20-10-21(17,18-2)9-14-13(16)19-8-12-6-4-3-5-7-12/h3-7H,8-10H2,1-2H3,(H,14,16). The van der Waals surface area contributed by atoms with Crippen molar-refractivity contribution in [2.45, 2.75) is 13.5 Å². The first kappa shape index (κ1) is 17.2. The van der Waals surface area contributed by atoms with Crippen molar-refractivity contribution in [2.24, 2.45) is 0 Å². The third-order valence-corrected chi connectivity index (χ3v) is 4.30. The molecule has 0 saturated heterocycles. The maximum absolute atomic E-state index is 12.1. The minimum absolute atomic E-state index is 0.105. The summed E-state index contributed by atoms with van der Waals surface area (Å²) in [6, 6.07) is 9.14. The zero-order chi connectivity index (χ0) is 15.7. The Morgan fingerprint density at radius 3 is 2.43 bits per heavy atom. The molecule has 0 aliphatic heterocycles. The number of hydrogen-bond acceptors (Lipinski definition) is 6. The van der Waals surface area contributed by atoms with Crippen molar-refractivity contribution in [1.82, 2.24) is 5.32 Å². The Bertz CT molecular complexity index is 519. The van der Waals surface area contributed by atoms with E-state index >= 15 is 0 Å². The van der Waals surface area contributed by atoms with Gasteiger partial charge in [-0.05, 0) is 5.56 Å². The third kappa shape index (κ3) is 6.92. The van der Waals surface area contributed by atoms with Gasteiger partial charge in [0.25, 0.3) is 7.37 Å². The second-order valence-electron chi connectivity index (χ2n) is 4.16. The molecule has 7 nitrogen and oxygen atoms in total. The number of carbonyl (C=O) groups is 2. The highest BCUT2D eigenvalue weighted by Crippen LogP contribution is 2.44. The third-order valence-electron chi connectivity index (χ3n) is 2.47. The van der Waals surface area contributed by atoms with Gasteiger partial charge in [0.2, 0.25) is 0 Å². The Morgan fingerprint density at radius 1 is 1.19 bits per heavy atom. The molecule has 0 fully saturated rings. The molecule has 0 saturated carbocycles. The Morgan fingerprint density at radius 2 is 1.86 bits per heavy atom. The van der Waals surface area contributed by atoms with Crippen LogP contribution in [0, 0.1) is 0 Å². The molecule has 8 heteroatoms. The number of benzene rings is 1. The van der Waals surface area contributed by atoms with Crippen LogP contribution in [-0.2, 0) is 30.0 Å². The van der Waals surface area contributed by atoms with Gasteiger partial charge in [-0.3, -0.25) is 9.36 Å². The van der Waals surface area contributed by atoms with Gasteiger partial charge in [-0.15, -0.1) is 0 Å². The van der Waals surface area contributed by atoms with E-state index in [1.165, 1.54) is 14.0 Å². The minimum Gasteiger partial charge on any atom is -0.455 e. The molecule has 1 unspecified atom stereocenters. The van der Waals surface area contributed by atoms with E-state index in [2.05, 4.69) is 10.1 Å². The summed E-state index contributed by atoms with van der Waals surface area (Å²) in [5, 5.41) is 2.33. The topological polar surface area (TPSA) is 90.9 Å². The normalized spacial score (nSPS) is 13.0. The van der Waals surface area contributed by atoms with Gasteiger partial charge in [-0.1, -0.05) is 30.3 Å². The number of ether oxygens (including phenoxy) is 2. The van der Waals surface area contributed by atoms with Gasteiger partial charge in [0.15, 0.2) is 6.35 Å². The second kappa shape index (κ2) is 8.44. The highest BCUT2D eigenvalue weighted by molar-refractivity contribution is 7.58. The number of nitrogens with one attached hydrogen (secondary N) is 1. The largest absolute Gasteiger partial charge is 0.455 e. The molecule has 1 amide bonds. The van der Waals surface area contributed by atoms with Gasteiger partial charge in [0.05, 0.1) is 0 Å². The highest BCUT2D eigenvalue weighted by atomic mass is 31.2. The average Bonchev–Trinajstić information content (AvgIpc) is 2.50. The van der Waals surface area contributed by atoms with E-state index in [0.29, 0.717) is 0 Å². The summed E-state index contributed by atoms with van der Waals surface area (Å²) < 4.78 is 26.5. The molecule has 116 valence electrons. The van der Waals surface area contributed by atoms with Crippen LogP contribution in [0.4, 0.5) is 4.79 Å². The zero-order valence-corrected chi connectivity index (χ0v) is 12.8. The van der Waals surface area contributed by atoms with Crippen molar-refractivity contribution in [2.75, 3.05) is 19.7 Å². The Balaban J connectivity index is 2.36. The Hall–Kier alpha value is -1.85. The summed E-state index contributed by atoms with van der Waals surface area (Å²) in [7, 11) is -2.04. The Labute approximate surface area is 123 Å². The van der Waals surface area contributed by atoms with E-state index in [1.807, 2.05) is 30.3 Å². The minimum atomic E-state index is -3.26. The summed E-state index contributed by atoms with van der Waals surface area (Å²) in [4.78, 5) is 22.2.